The van der Waals surface area contributed by atoms with Gasteiger partial charge in [-0.05, 0) is 60.3 Å². The molecule has 0 fully saturated rings. The molecule has 1 atom stereocenters. The first-order valence-corrected chi connectivity index (χ1v) is 6.68. The lowest BCUT2D eigenvalue weighted by atomic mass is 9.82. The molecule has 0 saturated heterocycles. The second-order valence-electron chi connectivity index (χ2n) is 5.23. The summed E-state index contributed by atoms with van der Waals surface area (Å²) in [7, 11) is 0. The summed E-state index contributed by atoms with van der Waals surface area (Å²) in [6.45, 7) is 2.36. The Morgan fingerprint density at radius 2 is 2.18 bits per heavy atom. The lowest BCUT2D eigenvalue weighted by Crippen LogP contribution is -2.07. The summed E-state index contributed by atoms with van der Waals surface area (Å²) in [5.41, 5.74) is 5.92. The Bertz CT molecular complexity index is 482. The van der Waals surface area contributed by atoms with Gasteiger partial charge in [0.15, 0.2) is 0 Å². The fourth-order valence-electron chi connectivity index (χ4n) is 2.96. The van der Waals surface area contributed by atoms with E-state index in [2.05, 4.69) is 30.1 Å². The molecule has 0 amide bonds. The molecule has 0 bridgehead atoms. The molecule has 1 aromatic rings. The minimum Gasteiger partial charge on any atom is -0.269 e. The van der Waals surface area contributed by atoms with Gasteiger partial charge in [-0.1, -0.05) is 25.1 Å². The maximum Gasteiger partial charge on any atom is 0.0302 e. The second kappa shape index (κ2) is 4.48. The normalized spacial score (nSPS) is 23.1. The van der Waals surface area contributed by atoms with E-state index in [0.29, 0.717) is 0 Å². The average Bonchev–Trinajstić information content (AvgIpc) is 2.40. The molecule has 1 unspecified atom stereocenters. The summed E-state index contributed by atoms with van der Waals surface area (Å²) in [5.74, 6) is 0.728. The van der Waals surface area contributed by atoms with E-state index in [1.54, 1.807) is 11.1 Å². The molecule has 1 heterocycles. The van der Waals surface area contributed by atoms with E-state index in [-0.39, 0.29) is 0 Å². The topological polar surface area (TPSA) is 12.4 Å². The van der Waals surface area contributed by atoms with Crippen LogP contribution in [0, 0.1) is 0 Å². The number of aliphatic imine (C=N–C) groups is 1. The maximum atomic E-state index is 4.28. The van der Waals surface area contributed by atoms with Gasteiger partial charge in [0.25, 0.3) is 0 Å². The highest BCUT2D eigenvalue weighted by atomic mass is 14.7. The smallest absolute Gasteiger partial charge is 0.0302 e. The van der Waals surface area contributed by atoms with Crippen LogP contribution in [0.25, 0.3) is 5.57 Å². The predicted molar refractivity (Wildman–Crippen MR) is 73.5 cm³/mol. The molecule has 0 N–H and O–H groups in total. The number of hydrogen-bond donors (Lipinski definition) is 0. The van der Waals surface area contributed by atoms with E-state index in [1.165, 1.54) is 30.4 Å². The van der Waals surface area contributed by atoms with Crippen molar-refractivity contribution in [2.75, 3.05) is 0 Å². The number of hydrogen-bond acceptors (Lipinski definition) is 1. The molecule has 0 radical (unpaired) electrons. The van der Waals surface area contributed by atoms with Crippen molar-refractivity contribution in [2.45, 2.75) is 44.9 Å². The SMILES string of the molecule is CC1CCCc2ccc(C3=CN=CCC3)cc21. The van der Waals surface area contributed by atoms with Crippen LogP contribution >= 0.6 is 0 Å². The van der Waals surface area contributed by atoms with Crippen LogP contribution < -0.4 is 0 Å². The Morgan fingerprint density at radius 1 is 1.24 bits per heavy atom. The van der Waals surface area contributed by atoms with Crippen molar-refractivity contribution in [3.63, 3.8) is 0 Å². The van der Waals surface area contributed by atoms with Crippen LogP contribution in [0.5, 0.6) is 0 Å². The number of aryl methyl sites for hydroxylation is 1. The third-order valence-corrected chi connectivity index (χ3v) is 4.01. The monoisotopic (exact) mass is 225 g/mol. The lowest BCUT2D eigenvalue weighted by Gasteiger charge is -2.23. The maximum absolute atomic E-state index is 4.28. The van der Waals surface area contributed by atoms with E-state index >= 15 is 0 Å². The summed E-state index contributed by atoms with van der Waals surface area (Å²) in [6, 6.07) is 7.02. The van der Waals surface area contributed by atoms with Crippen LogP contribution in [0.4, 0.5) is 0 Å². The van der Waals surface area contributed by atoms with Crippen LogP contribution in [0.2, 0.25) is 0 Å². The minimum atomic E-state index is 0.728. The van der Waals surface area contributed by atoms with Gasteiger partial charge in [0.2, 0.25) is 0 Å². The van der Waals surface area contributed by atoms with E-state index in [1.807, 2.05) is 12.4 Å². The Kier molecular flexibility index (Phi) is 2.84. The molecule has 0 saturated carbocycles. The Hall–Kier alpha value is -1.37. The summed E-state index contributed by atoms with van der Waals surface area (Å²) in [6.07, 6.45) is 10.2. The first-order valence-electron chi connectivity index (χ1n) is 6.68. The Labute approximate surface area is 103 Å². The zero-order valence-corrected chi connectivity index (χ0v) is 10.4. The van der Waals surface area contributed by atoms with Gasteiger partial charge in [0.1, 0.15) is 0 Å². The van der Waals surface area contributed by atoms with Gasteiger partial charge in [-0.2, -0.15) is 0 Å². The Balaban J connectivity index is 1.99. The van der Waals surface area contributed by atoms with Gasteiger partial charge in [-0.3, -0.25) is 4.99 Å². The molecule has 17 heavy (non-hydrogen) atoms. The van der Waals surface area contributed by atoms with Gasteiger partial charge in [0.05, 0.1) is 0 Å². The fourth-order valence-corrected chi connectivity index (χ4v) is 2.96. The van der Waals surface area contributed by atoms with Gasteiger partial charge in [-0.15, -0.1) is 0 Å². The van der Waals surface area contributed by atoms with Gasteiger partial charge < -0.3 is 0 Å². The molecule has 1 nitrogen and oxygen atoms in total. The Morgan fingerprint density at radius 3 is 3.00 bits per heavy atom. The predicted octanol–water partition coefficient (Wildman–Crippen LogP) is 4.33. The highest BCUT2D eigenvalue weighted by molar-refractivity contribution is 5.74. The van der Waals surface area contributed by atoms with Crippen molar-refractivity contribution >= 4 is 11.8 Å². The molecule has 0 aromatic heterocycles. The van der Waals surface area contributed by atoms with Crippen molar-refractivity contribution in [2.24, 2.45) is 4.99 Å². The van der Waals surface area contributed by atoms with E-state index in [9.17, 15) is 0 Å². The molecule has 3 rings (SSSR count). The van der Waals surface area contributed by atoms with Gasteiger partial charge >= 0.3 is 0 Å². The molecule has 0 spiro atoms. The molecule has 1 aliphatic carbocycles. The van der Waals surface area contributed by atoms with Crippen molar-refractivity contribution in [1.82, 2.24) is 0 Å². The van der Waals surface area contributed by atoms with Crippen LogP contribution in [-0.4, -0.2) is 6.21 Å². The van der Waals surface area contributed by atoms with Crippen molar-refractivity contribution in [3.8, 4) is 0 Å². The third-order valence-electron chi connectivity index (χ3n) is 4.01. The number of fused-ring (bicyclic) bond motifs is 1. The third kappa shape index (κ3) is 2.06. The summed E-state index contributed by atoms with van der Waals surface area (Å²) >= 11 is 0. The van der Waals surface area contributed by atoms with E-state index in [0.717, 1.165) is 18.8 Å². The highest BCUT2D eigenvalue weighted by Gasteiger charge is 2.17. The lowest BCUT2D eigenvalue weighted by molar-refractivity contribution is 0.590. The number of allylic oxidation sites excluding steroid dienone is 1. The van der Waals surface area contributed by atoms with Crippen LogP contribution in [0.15, 0.2) is 29.4 Å². The molecular formula is C16H19N. The summed E-state index contributed by atoms with van der Waals surface area (Å²) in [4.78, 5) is 4.28. The van der Waals surface area contributed by atoms with Crippen LogP contribution in [-0.2, 0) is 6.42 Å². The number of rotatable bonds is 1. The zero-order valence-electron chi connectivity index (χ0n) is 10.4. The van der Waals surface area contributed by atoms with Gasteiger partial charge in [0, 0.05) is 12.4 Å². The fraction of sp³-hybridized carbons (Fsp3) is 0.438. The second-order valence-corrected chi connectivity index (χ2v) is 5.23. The standard InChI is InChI=1S/C16H19N/c1-12-4-2-5-13-7-8-14(10-16(12)13)15-6-3-9-17-11-15/h7-12H,2-6H2,1H3. The van der Waals surface area contributed by atoms with E-state index < -0.39 is 0 Å². The average molecular weight is 225 g/mol. The molecule has 1 heteroatoms. The van der Waals surface area contributed by atoms with Crippen LogP contribution in [0.1, 0.15) is 55.2 Å². The zero-order chi connectivity index (χ0) is 11.7. The molecule has 1 aromatic carbocycles. The van der Waals surface area contributed by atoms with Gasteiger partial charge in [-0.25, -0.2) is 0 Å². The van der Waals surface area contributed by atoms with Crippen molar-refractivity contribution in [1.29, 1.82) is 0 Å². The largest absolute Gasteiger partial charge is 0.269 e. The van der Waals surface area contributed by atoms with Crippen molar-refractivity contribution in [3.05, 3.63) is 41.1 Å². The highest BCUT2D eigenvalue weighted by Crippen LogP contribution is 2.34. The van der Waals surface area contributed by atoms with Crippen molar-refractivity contribution < 1.29 is 0 Å². The first-order chi connectivity index (χ1) is 8.34. The quantitative estimate of drug-likeness (QED) is 0.674. The first kappa shape index (κ1) is 10.8. The molecule has 2 aliphatic rings. The summed E-state index contributed by atoms with van der Waals surface area (Å²) in [5, 5.41) is 0. The van der Waals surface area contributed by atoms with Crippen LogP contribution in [0.3, 0.4) is 0 Å². The number of nitrogens with zero attached hydrogens (tertiary/aromatic N) is 1. The number of benzene rings is 1. The van der Waals surface area contributed by atoms with E-state index in [4.69, 9.17) is 0 Å². The molecular weight excluding hydrogens is 206 g/mol. The molecule has 88 valence electrons. The minimum absolute atomic E-state index is 0.728. The molecule has 1 aliphatic heterocycles. The summed E-state index contributed by atoms with van der Waals surface area (Å²) < 4.78 is 0.